The molecule has 1 fully saturated rings. The Bertz CT molecular complexity index is 391. The molecule has 0 aliphatic heterocycles. The van der Waals surface area contributed by atoms with Gasteiger partial charge in [-0.25, -0.2) is 4.98 Å². The van der Waals surface area contributed by atoms with E-state index in [-0.39, 0.29) is 11.4 Å². The fourth-order valence-corrected chi connectivity index (χ4v) is 2.26. The highest BCUT2D eigenvalue weighted by atomic mass is 79.9. The van der Waals surface area contributed by atoms with Gasteiger partial charge in [0, 0.05) is 5.56 Å². The number of pyridine rings is 1. The van der Waals surface area contributed by atoms with Crippen LogP contribution in [0, 0.1) is 5.95 Å². The van der Waals surface area contributed by atoms with Gasteiger partial charge in [-0.1, -0.05) is 20.8 Å². The summed E-state index contributed by atoms with van der Waals surface area (Å²) in [7, 11) is 0. The second kappa shape index (κ2) is 3.55. The summed E-state index contributed by atoms with van der Waals surface area (Å²) in [4.78, 5) is 3.86. The molecule has 3 heteroatoms. The molecule has 0 radical (unpaired) electrons. The molecule has 1 aromatic rings. The van der Waals surface area contributed by atoms with Gasteiger partial charge in [-0.15, -0.1) is 0 Å². The van der Waals surface area contributed by atoms with E-state index in [1.807, 2.05) is 6.07 Å². The zero-order valence-electron chi connectivity index (χ0n) is 9.27. The number of aromatic nitrogens is 1. The van der Waals surface area contributed by atoms with Crippen LogP contribution in [-0.4, -0.2) is 4.98 Å². The van der Waals surface area contributed by atoms with Crippen LogP contribution in [0.2, 0.25) is 0 Å². The first-order chi connectivity index (χ1) is 6.89. The summed E-state index contributed by atoms with van der Waals surface area (Å²) < 4.78 is 14.4. The molecule has 15 heavy (non-hydrogen) atoms. The molecule has 1 saturated carbocycles. The predicted octanol–water partition coefficient (Wildman–Crippen LogP) is 4.16. The van der Waals surface area contributed by atoms with Crippen molar-refractivity contribution in [2.45, 2.75) is 44.9 Å². The Labute approximate surface area is 98.2 Å². The van der Waals surface area contributed by atoms with Gasteiger partial charge >= 0.3 is 0 Å². The van der Waals surface area contributed by atoms with E-state index in [9.17, 15) is 4.39 Å². The molecule has 0 N–H and O–H groups in total. The zero-order valence-corrected chi connectivity index (χ0v) is 10.9. The Hall–Kier alpha value is -0.440. The van der Waals surface area contributed by atoms with Crippen molar-refractivity contribution >= 4 is 15.9 Å². The summed E-state index contributed by atoms with van der Waals surface area (Å²) in [6, 6.07) is 1.96. The molecule has 0 amide bonds. The van der Waals surface area contributed by atoms with Gasteiger partial charge in [0.25, 0.3) is 0 Å². The van der Waals surface area contributed by atoms with Crippen molar-refractivity contribution in [1.29, 1.82) is 0 Å². The Morgan fingerprint density at radius 2 is 2.00 bits per heavy atom. The van der Waals surface area contributed by atoms with Crippen LogP contribution in [0.25, 0.3) is 0 Å². The largest absolute Gasteiger partial charge is 0.217 e. The summed E-state index contributed by atoms with van der Waals surface area (Å²) in [5.41, 5.74) is 1.90. The standard InChI is InChI=1S/C12H15BrFN/c1-12(2,3)8-6-9(13)15-11(14)10(8)7-4-5-7/h6-7H,4-5H2,1-3H3. The molecular weight excluding hydrogens is 257 g/mol. The first-order valence-corrected chi connectivity index (χ1v) is 6.05. The predicted molar refractivity (Wildman–Crippen MR) is 62.6 cm³/mol. The lowest BCUT2D eigenvalue weighted by molar-refractivity contribution is 0.529. The van der Waals surface area contributed by atoms with Crippen molar-refractivity contribution < 1.29 is 4.39 Å². The molecule has 0 unspecified atom stereocenters. The van der Waals surface area contributed by atoms with Gasteiger partial charge in [0.05, 0.1) is 0 Å². The summed E-state index contributed by atoms with van der Waals surface area (Å²) in [5, 5.41) is 0. The normalized spacial score (nSPS) is 16.9. The molecule has 0 atom stereocenters. The van der Waals surface area contributed by atoms with Crippen molar-refractivity contribution in [2.75, 3.05) is 0 Å². The van der Waals surface area contributed by atoms with E-state index < -0.39 is 0 Å². The van der Waals surface area contributed by atoms with Crippen LogP contribution in [0.15, 0.2) is 10.7 Å². The summed E-state index contributed by atoms with van der Waals surface area (Å²) in [6.07, 6.45) is 2.20. The molecule has 1 nitrogen and oxygen atoms in total. The lowest BCUT2D eigenvalue weighted by Crippen LogP contribution is -2.16. The molecule has 1 heterocycles. The van der Waals surface area contributed by atoms with Crippen molar-refractivity contribution in [3.05, 3.63) is 27.7 Å². The van der Waals surface area contributed by atoms with E-state index in [0.717, 1.165) is 24.0 Å². The molecule has 1 aliphatic carbocycles. The maximum atomic E-state index is 13.8. The van der Waals surface area contributed by atoms with Gasteiger partial charge in [-0.05, 0) is 51.7 Å². The highest BCUT2D eigenvalue weighted by Crippen LogP contribution is 2.45. The third-order valence-electron chi connectivity index (χ3n) is 2.77. The van der Waals surface area contributed by atoms with E-state index in [4.69, 9.17) is 0 Å². The Morgan fingerprint density at radius 1 is 1.40 bits per heavy atom. The van der Waals surface area contributed by atoms with Crippen LogP contribution in [0.5, 0.6) is 0 Å². The quantitative estimate of drug-likeness (QED) is 0.699. The summed E-state index contributed by atoms with van der Waals surface area (Å²) in [5.74, 6) is 0.108. The average molecular weight is 272 g/mol. The second-order valence-corrected chi connectivity index (χ2v) is 6.03. The van der Waals surface area contributed by atoms with E-state index in [0.29, 0.717) is 10.5 Å². The number of nitrogens with zero attached hydrogens (tertiary/aromatic N) is 1. The average Bonchev–Trinajstić information content (AvgIpc) is 2.84. The van der Waals surface area contributed by atoms with Crippen LogP contribution in [0.4, 0.5) is 4.39 Å². The molecule has 0 bridgehead atoms. The van der Waals surface area contributed by atoms with Crippen molar-refractivity contribution in [2.24, 2.45) is 0 Å². The fourth-order valence-electron chi connectivity index (χ4n) is 1.88. The Kier molecular flexibility index (Phi) is 2.61. The highest BCUT2D eigenvalue weighted by Gasteiger charge is 2.33. The number of halogens is 2. The van der Waals surface area contributed by atoms with Crippen LogP contribution in [0.3, 0.4) is 0 Å². The SMILES string of the molecule is CC(C)(C)c1cc(Br)nc(F)c1C1CC1. The maximum absolute atomic E-state index is 13.8. The third kappa shape index (κ3) is 2.22. The monoisotopic (exact) mass is 271 g/mol. The van der Waals surface area contributed by atoms with Crippen molar-refractivity contribution in [1.82, 2.24) is 4.98 Å². The topological polar surface area (TPSA) is 12.9 Å². The van der Waals surface area contributed by atoms with Crippen molar-refractivity contribution in [3.63, 3.8) is 0 Å². The molecular formula is C12H15BrFN. The highest BCUT2D eigenvalue weighted by molar-refractivity contribution is 9.10. The minimum atomic E-state index is -0.295. The smallest absolute Gasteiger partial charge is 0.212 e. The molecule has 0 saturated heterocycles. The minimum Gasteiger partial charge on any atom is -0.212 e. The first kappa shape index (κ1) is 11.1. The number of hydrogen-bond acceptors (Lipinski definition) is 1. The Balaban J connectivity index is 2.59. The molecule has 0 aromatic carbocycles. The van der Waals surface area contributed by atoms with Gasteiger partial charge in [0.15, 0.2) is 0 Å². The van der Waals surface area contributed by atoms with Gasteiger partial charge < -0.3 is 0 Å². The van der Waals surface area contributed by atoms with Crippen molar-refractivity contribution in [3.8, 4) is 0 Å². The molecule has 1 aromatic heterocycles. The van der Waals surface area contributed by atoms with Crippen LogP contribution >= 0.6 is 15.9 Å². The number of rotatable bonds is 1. The zero-order chi connectivity index (χ0) is 11.2. The van der Waals surface area contributed by atoms with E-state index in [1.165, 1.54) is 0 Å². The fraction of sp³-hybridized carbons (Fsp3) is 0.583. The number of hydrogen-bond donors (Lipinski definition) is 0. The molecule has 1 aliphatic rings. The lowest BCUT2D eigenvalue weighted by atomic mass is 9.83. The minimum absolute atomic E-state index is 0.0236. The molecule has 2 rings (SSSR count). The van der Waals surface area contributed by atoms with Gasteiger partial charge in [0.2, 0.25) is 5.95 Å². The van der Waals surface area contributed by atoms with E-state index in [1.54, 1.807) is 0 Å². The molecule has 82 valence electrons. The van der Waals surface area contributed by atoms with Gasteiger partial charge in [0.1, 0.15) is 4.60 Å². The van der Waals surface area contributed by atoms with Crippen LogP contribution in [-0.2, 0) is 5.41 Å². The van der Waals surface area contributed by atoms with E-state index in [2.05, 4.69) is 41.7 Å². The van der Waals surface area contributed by atoms with Gasteiger partial charge in [-0.2, -0.15) is 4.39 Å². The first-order valence-electron chi connectivity index (χ1n) is 5.26. The third-order valence-corrected chi connectivity index (χ3v) is 3.18. The Morgan fingerprint density at radius 3 is 2.47 bits per heavy atom. The van der Waals surface area contributed by atoms with Gasteiger partial charge in [-0.3, -0.25) is 0 Å². The second-order valence-electron chi connectivity index (χ2n) is 5.22. The van der Waals surface area contributed by atoms with E-state index >= 15 is 0 Å². The maximum Gasteiger partial charge on any atom is 0.217 e. The lowest BCUT2D eigenvalue weighted by Gasteiger charge is -2.23. The van der Waals surface area contributed by atoms with Crippen LogP contribution in [0.1, 0.15) is 50.7 Å². The molecule has 0 spiro atoms. The summed E-state index contributed by atoms with van der Waals surface area (Å²) >= 11 is 3.26. The van der Waals surface area contributed by atoms with Crippen LogP contribution < -0.4 is 0 Å². The summed E-state index contributed by atoms with van der Waals surface area (Å²) in [6.45, 7) is 6.33.